The summed E-state index contributed by atoms with van der Waals surface area (Å²) in [7, 11) is 0. The van der Waals surface area contributed by atoms with E-state index in [1.165, 1.54) is 0 Å². The molecular weight excluding hydrogens is 384 g/mol. The van der Waals surface area contributed by atoms with E-state index in [1.807, 2.05) is 61.5 Å². The average Bonchev–Trinajstić information content (AvgIpc) is 2.61. The van der Waals surface area contributed by atoms with Gasteiger partial charge in [-0.25, -0.2) is 0 Å². The molecule has 0 aliphatic carbocycles. The van der Waals surface area contributed by atoms with E-state index in [0.29, 0.717) is 0 Å². The third-order valence-corrected chi connectivity index (χ3v) is 4.22. The van der Waals surface area contributed by atoms with E-state index in [1.54, 1.807) is 0 Å². The SMILES string of the molecule is C[C@H](NC(=O)[C@@H](N)CC(=O)OCc1ccccc1)c1ccc(Br)cc1. The normalized spacial score (nSPS) is 12.9. The summed E-state index contributed by atoms with van der Waals surface area (Å²) < 4.78 is 6.11. The molecule has 2 aromatic carbocycles. The molecule has 0 aliphatic rings. The molecule has 2 rings (SSSR count). The monoisotopic (exact) mass is 404 g/mol. The Hall–Kier alpha value is -2.18. The molecule has 2 atom stereocenters. The maximum Gasteiger partial charge on any atom is 0.308 e. The highest BCUT2D eigenvalue weighted by Gasteiger charge is 2.20. The lowest BCUT2D eigenvalue weighted by molar-refractivity contribution is -0.146. The molecule has 5 nitrogen and oxygen atoms in total. The maximum absolute atomic E-state index is 12.2. The van der Waals surface area contributed by atoms with Gasteiger partial charge >= 0.3 is 5.97 Å². The fourth-order valence-corrected chi connectivity index (χ4v) is 2.49. The van der Waals surface area contributed by atoms with Crippen molar-refractivity contribution in [1.29, 1.82) is 0 Å². The van der Waals surface area contributed by atoms with Crippen LogP contribution in [0.15, 0.2) is 59.1 Å². The van der Waals surface area contributed by atoms with Crippen molar-refractivity contribution in [2.45, 2.75) is 32.0 Å². The second kappa shape index (κ2) is 9.34. The van der Waals surface area contributed by atoms with Crippen LogP contribution in [-0.4, -0.2) is 17.9 Å². The number of hydrogen-bond acceptors (Lipinski definition) is 4. The van der Waals surface area contributed by atoms with Gasteiger partial charge in [0.15, 0.2) is 0 Å². The number of carbonyl (C=O) groups excluding carboxylic acids is 2. The fraction of sp³-hybridized carbons (Fsp3) is 0.263. The Morgan fingerprint density at radius 2 is 1.76 bits per heavy atom. The van der Waals surface area contributed by atoms with Gasteiger partial charge in [-0.3, -0.25) is 9.59 Å². The first kappa shape index (κ1) is 19.1. The molecule has 0 bridgehead atoms. The van der Waals surface area contributed by atoms with Crippen LogP contribution in [0.1, 0.15) is 30.5 Å². The number of esters is 1. The fourth-order valence-electron chi connectivity index (χ4n) is 2.22. The Kier molecular flexibility index (Phi) is 7.16. The molecule has 6 heteroatoms. The van der Waals surface area contributed by atoms with Crippen molar-refractivity contribution >= 4 is 27.8 Å². The van der Waals surface area contributed by atoms with Crippen LogP contribution in [-0.2, 0) is 20.9 Å². The first-order valence-electron chi connectivity index (χ1n) is 7.96. The van der Waals surface area contributed by atoms with Crippen LogP contribution >= 0.6 is 15.9 Å². The summed E-state index contributed by atoms with van der Waals surface area (Å²) in [6, 6.07) is 15.8. The van der Waals surface area contributed by atoms with Crippen LogP contribution in [0.4, 0.5) is 0 Å². The third kappa shape index (κ3) is 6.32. The van der Waals surface area contributed by atoms with Gasteiger partial charge in [0.25, 0.3) is 0 Å². The highest BCUT2D eigenvalue weighted by molar-refractivity contribution is 9.10. The molecule has 1 amide bonds. The van der Waals surface area contributed by atoms with Crippen LogP contribution in [0, 0.1) is 0 Å². The summed E-state index contributed by atoms with van der Waals surface area (Å²) in [4.78, 5) is 24.0. The molecule has 0 aromatic heterocycles. The van der Waals surface area contributed by atoms with Crippen molar-refractivity contribution in [3.63, 3.8) is 0 Å². The summed E-state index contributed by atoms with van der Waals surface area (Å²) in [5.74, 6) is -0.880. The Morgan fingerprint density at radius 3 is 2.40 bits per heavy atom. The van der Waals surface area contributed by atoms with Crippen LogP contribution < -0.4 is 11.1 Å². The number of nitrogens with two attached hydrogens (primary N) is 1. The van der Waals surface area contributed by atoms with E-state index in [0.717, 1.165) is 15.6 Å². The summed E-state index contributed by atoms with van der Waals surface area (Å²) in [5.41, 5.74) is 7.66. The minimum absolute atomic E-state index is 0.161. The average molecular weight is 405 g/mol. The number of hydrogen-bond donors (Lipinski definition) is 2. The molecule has 0 aliphatic heterocycles. The van der Waals surface area contributed by atoms with Crippen molar-refractivity contribution in [3.8, 4) is 0 Å². The molecule has 0 unspecified atom stereocenters. The molecule has 0 radical (unpaired) electrons. The Bertz CT molecular complexity index is 704. The van der Waals surface area contributed by atoms with Gasteiger partial charge in [-0.1, -0.05) is 58.4 Å². The highest BCUT2D eigenvalue weighted by Crippen LogP contribution is 2.16. The number of amides is 1. The van der Waals surface area contributed by atoms with Gasteiger partial charge in [0.2, 0.25) is 5.91 Å². The van der Waals surface area contributed by atoms with E-state index in [2.05, 4.69) is 21.2 Å². The second-order valence-electron chi connectivity index (χ2n) is 5.74. The second-order valence-corrected chi connectivity index (χ2v) is 6.65. The Balaban J connectivity index is 1.79. The predicted molar refractivity (Wildman–Crippen MR) is 99.5 cm³/mol. The zero-order valence-electron chi connectivity index (χ0n) is 13.9. The largest absolute Gasteiger partial charge is 0.461 e. The third-order valence-electron chi connectivity index (χ3n) is 3.69. The first-order chi connectivity index (χ1) is 12.0. The van der Waals surface area contributed by atoms with Crippen LogP contribution in [0.5, 0.6) is 0 Å². The van der Waals surface area contributed by atoms with Gasteiger partial charge < -0.3 is 15.8 Å². The number of benzene rings is 2. The van der Waals surface area contributed by atoms with E-state index in [9.17, 15) is 9.59 Å². The van der Waals surface area contributed by atoms with Crippen molar-refractivity contribution in [2.75, 3.05) is 0 Å². The van der Waals surface area contributed by atoms with Crippen molar-refractivity contribution in [3.05, 3.63) is 70.2 Å². The highest BCUT2D eigenvalue weighted by atomic mass is 79.9. The molecule has 25 heavy (non-hydrogen) atoms. The smallest absolute Gasteiger partial charge is 0.308 e. The van der Waals surface area contributed by atoms with Gasteiger partial charge in [-0.2, -0.15) is 0 Å². The van der Waals surface area contributed by atoms with E-state index in [-0.39, 0.29) is 25.0 Å². The maximum atomic E-state index is 12.2. The number of ether oxygens (including phenoxy) is 1. The molecule has 0 spiro atoms. The topological polar surface area (TPSA) is 81.4 Å². The molecule has 2 aromatic rings. The predicted octanol–water partition coefficient (Wildman–Crippen LogP) is 3.09. The van der Waals surface area contributed by atoms with Gasteiger partial charge in [-0.15, -0.1) is 0 Å². The van der Waals surface area contributed by atoms with Crippen LogP contribution in [0.2, 0.25) is 0 Å². The van der Waals surface area contributed by atoms with E-state index >= 15 is 0 Å². The minimum Gasteiger partial charge on any atom is -0.461 e. The molecular formula is C19H21BrN2O3. The van der Waals surface area contributed by atoms with Crippen molar-refractivity contribution in [2.24, 2.45) is 5.73 Å². The summed E-state index contributed by atoms with van der Waals surface area (Å²) in [5, 5.41) is 2.81. The molecule has 132 valence electrons. The summed E-state index contributed by atoms with van der Waals surface area (Å²) >= 11 is 3.37. The van der Waals surface area contributed by atoms with Gasteiger partial charge in [-0.05, 0) is 30.2 Å². The summed E-state index contributed by atoms with van der Waals surface area (Å²) in [6.07, 6.45) is -0.161. The van der Waals surface area contributed by atoms with E-state index in [4.69, 9.17) is 10.5 Å². The molecule has 0 saturated carbocycles. The van der Waals surface area contributed by atoms with Gasteiger partial charge in [0.05, 0.1) is 18.5 Å². The molecule has 0 saturated heterocycles. The standard InChI is InChI=1S/C19H21BrN2O3/c1-13(15-7-9-16(20)10-8-15)22-19(24)17(21)11-18(23)25-12-14-5-3-2-4-6-14/h2-10,13,17H,11-12,21H2,1H3,(H,22,24)/t13-,17-/m0/s1. The van der Waals surface area contributed by atoms with Crippen LogP contribution in [0.25, 0.3) is 0 Å². The number of rotatable bonds is 7. The number of halogens is 1. The lowest BCUT2D eigenvalue weighted by Gasteiger charge is -2.17. The zero-order chi connectivity index (χ0) is 18.2. The summed E-state index contributed by atoms with van der Waals surface area (Å²) in [6.45, 7) is 2.03. The Morgan fingerprint density at radius 1 is 1.12 bits per heavy atom. The van der Waals surface area contributed by atoms with E-state index < -0.39 is 12.0 Å². The number of carbonyl (C=O) groups is 2. The lowest BCUT2D eigenvalue weighted by Crippen LogP contribution is -2.43. The minimum atomic E-state index is -0.943. The first-order valence-corrected chi connectivity index (χ1v) is 8.76. The lowest BCUT2D eigenvalue weighted by atomic mass is 10.1. The number of nitrogens with one attached hydrogen (secondary N) is 1. The van der Waals surface area contributed by atoms with Crippen LogP contribution in [0.3, 0.4) is 0 Å². The zero-order valence-corrected chi connectivity index (χ0v) is 15.5. The molecule has 0 heterocycles. The molecule has 0 fully saturated rings. The Labute approximate surface area is 155 Å². The van der Waals surface area contributed by atoms with Crippen molar-refractivity contribution in [1.82, 2.24) is 5.32 Å². The molecule has 3 N–H and O–H groups in total. The van der Waals surface area contributed by atoms with Gasteiger partial charge in [0, 0.05) is 4.47 Å². The van der Waals surface area contributed by atoms with Crippen molar-refractivity contribution < 1.29 is 14.3 Å². The quantitative estimate of drug-likeness (QED) is 0.694. The van der Waals surface area contributed by atoms with Gasteiger partial charge in [0.1, 0.15) is 6.61 Å².